The van der Waals surface area contributed by atoms with Gasteiger partial charge >= 0.3 is 0 Å². The molecule has 3 heterocycles. The van der Waals surface area contributed by atoms with Crippen LogP contribution in [0.25, 0.3) is 83.4 Å². The Kier molecular flexibility index (Phi) is 10.1. The molecule has 11 aromatic carbocycles. The van der Waals surface area contributed by atoms with Crippen LogP contribution in [-0.4, -0.2) is 22.2 Å². The molecule has 0 N–H and O–H groups in total. The molecule has 0 spiro atoms. The maximum absolute atomic E-state index is 11.0. The number of rotatable bonds is 12. The van der Waals surface area contributed by atoms with Crippen LogP contribution in [0, 0.1) is 18.5 Å². The Hall–Kier alpha value is -9.45. The summed E-state index contributed by atoms with van der Waals surface area (Å²) in [6.45, 7) is 19.0. The second kappa shape index (κ2) is 24.1. The molecule has 0 aliphatic carbocycles. The molecule has 91 heavy (non-hydrogen) atoms. The van der Waals surface area contributed by atoms with Gasteiger partial charge in [0, 0.05) is 44.3 Å². The number of fused-ring (bicyclic) bond motifs is 4. The minimum absolute atomic E-state index is 0. The standard InChI is InChI=1S/C84H72N4OSi.Pt/c1-82(2,3)62-47-48-85-80(54-62)88-76-42-23-22-39-74(76)75-45-44-67(56-78(75)88)89-66-31-25-30-65(55-66)86-57-87(77-46-43-59(52-79(77)86)61-49-63(83(4,5)6)53-64(50-61)84(7,8)9)81-72(58-27-14-10-15-28-58)40-26-41-73(81)60-29-24-38-71(51-60)90(68-32-16-11-17-33-68,69-34-18-12-19-35-69)70-36-20-13-21-37-70;/h10-54H,1-9H3;/q-2;/i10D,11D,12D,13D,14D,15D,16D,17D,18D,19D,20D,21D,24D,27D,28D,29D,32D,33D,34D,35D,36D,37D,38D,51D;. The van der Waals surface area contributed by atoms with Gasteiger partial charge in [-0.05, 0) is 122 Å². The quantitative estimate of drug-likeness (QED) is 0.0529. The van der Waals surface area contributed by atoms with Crippen LogP contribution in [0.2, 0.25) is 0 Å². The van der Waals surface area contributed by atoms with E-state index in [1.165, 1.54) is 22.8 Å². The van der Waals surface area contributed by atoms with Crippen LogP contribution in [-0.2, 0) is 37.3 Å². The third kappa shape index (κ3) is 11.3. The largest absolute Gasteiger partial charge is 0.510 e. The van der Waals surface area contributed by atoms with Gasteiger partial charge in [-0.15, -0.1) is 29.7 Å². The molecule has 5 nitrogen and oxygen atoms in total. The SMILES string of the molecule is [2H]c1c([2H])c([2H])c(-c2cccc(-c3c([2H])c([2H])c([2H])c([Si](c4c([2H])c([2H])c([2H])c([2H])c4[2H])(c4c([2H])c([2H])c([2H])c([2H])c4[2H])c4c([2H])c([2H])c([2H])c([2H])c4[2H])c3[2H])c2-[n+]2[c-]n(-c3[c-]c(Oc4[c-]c5c(cc4)c4ccccc4n5-c4cc(C(C)(C)C)ccn4)ccc3)c3cc(-c4cc(C(C)(C)C)cc(C(C)(C)C)c4)ccc32)c([2H])c1[2H].[Pt]. The molecule has 14 rings (SSSR count). The van der Waals surface area contributed by atoms with Crippen LogP contribution in [0.1, 0.15) is 112 Å². The van der Waals surface area contributed by atoms with Gasteiger partial charge in [-0.25, -0.2) is 4.98 Å². The van der Waals surface area contributed by atoms with Gasteiger partial charge in [0.2, 0.25) is 0 Å². The van der Waals surface area contributed by atoms with Crippen molar-refractivity contribution in [1.82, 2.24) is 14.1 Å². The summed E-state index contributed by atoms with van der Waals surface area (Å²) >= 11 is 0. The number of hydrogen-bond donors (Lipinski definition) is 0. The Morgan fingerprint density at radius 2 is 1.03 bits per heavy atom. The molecular weight excluding hydrogens is 1300 g/mol. The molecule has 0 aliphatic rings. The molecule has 0 saturated heterocycles. The van der Waals surface area contributed by atoms with Crippen molar-refractivity contribution in [3.8, 4) is 62.1 Å². The summed E-state index contributed by atoms with van der Waals surface area (Å²) in [6, 6.07) is 18.3. The van der Waals surface area contributed by atoms with Gasteiger partial charge in [0.15, 0.2) is 8.07 Å². The number of benzene rings is 11. The number of ether oxygens (including phenoxy) is 1. The number of aromatic nitrogens is 4. The Morgan fingerprint density at radius 1 is 0.462 bits per heavy atom. The zero-order valence-corrected chi connectivity index (χ0v) is 54.4. The second-order valence-corrected chi connectivity index (χ2v) is 28.6. The Labute approximate surface area is 585 Å². The maximum atomic E-state index is 11.0. The van der Waals surface area contributed by atoms with Gasteiger partial charge in [0.05, 0.1) is 49.6 Å². The van der Waals surface area contributed by atoms with E-state index in [0.29, 0.717) is 22.4 Å². The van der Waals surface area contributed by atoms with E-state index < -0.39 is 185 Å². The van der Waals surface area contributed by atoms with Crippen LogP contribution in [0.3, 0.4) is 0 Å². The number of para-hydroxylation sites is 2. The van der Waals surface area contributed by atoms with Gasteiger partial charge < -0.3 is 13.9 Å². The van der Waals surface area contributed by atoms with E-state index in [9.17, 15) is 24.7 Å². The van der Waals surface area contributed by atoms with Crippen molar-refractivity contribution in [2.24, 2.45) is 0 Å². The topological polar surface area (TPSA) is 35.9 Å². The Morgan fingerprint density at radius 3 is 1.67 bits per heavy atom. The fourth-order valence-electron chi connectivity index (χ4n) is 11.5. The van der Waals surface area contributed by atoms with Gasteiger partial charge in [0.1, 0.15) is 5.82 Å². The zero-order valence-electron chi connectivity index (χ0n) is 75.1. The normalized spacial score (nSPS) is 15.8. The van der Waals surface area contributed by atoms with Crippen LogP contribution < -0.4 is 30.1 Å². The van der Waals surface area contributed by atoms with Crippen molar-refractivity contribution in [1.29, 1.82) is 0 Å². The van der Waals surface area contributed by atoms with E-state index in [-0.39, 0.29) is 76.8 Å². The first-order chi connectivity index (χ1) is 53.5. The van der Waals surface area contributed by atoms with E-state index in [0.717, 1.165) is 38.5 Å². The third-order valence-corrected chi connectivity index (χ3v) is 20.2. The van der Waals surface area contributed by atoms with Crippen LogP contribution >= 0.6 is 0 Å². The molecule has 0 atom stereocenters. The molecule has 450 valence electrons. The molecular formula is C84H72N4OPtSi-2. The number of nitrogens with zero attached hydrogens (tertiary/aromatic N) is 4. The number of pyridine rings is 1. The summed E-state index contributed by atoms with van der Waals surface area (Å²) in [7, 11) is -6.43. The van der Waals surface area contributed by atoms with Crippen LogP contribution in [0.15, 0.2) is 273 Å². The molecule has 7 heteroatoms. The van der Waals surface area contributed by atoms with E-state index in [2.05, 4.69) is 99.0 Å². The van der Waals surface area contributed by atoms with Crippen molar-refractivity contribution in [2.45, 2.75) is 78.6 Å². The summed E-state index contributed by atoms with van der Waals surface area (Å²) < 4.78 is 241. The molecule has 0 saturated carbocycles. The average Bonchev–Trinajstić information content (AvgIpc) is 1.00. The predicted molar refractivity (Wildman–Crippen MR) is 376 cm³/mol. The van der Waals surface area contributed by atoms with E-state index >= 15 is 0 Å². The van der Waals surface area contributed by atoms with E-state index in [4.69, 9.17) is 17.9 Å². The minimum Gasteiger partial charge on any atom is -0.510 e. The molecule has 0 aliphatic heterocycles. The third-order valence-electron chi connectivity index (χ3n) is 16.2. The Balaban J connectivity index is 0.0000115. The van der Waals surface area contributed by atoms with Gasteiger partial charge in [0.25, 0.3) is 6.33 Å². The predicted octanol–water partition coefficient (Wildman–Crippen LogP) is 17.9. The number of imidazole rings is 1. The Bertz CT molecular complexity index is 6180. The monoisotopic (exact) mass is 1400 g/mol. The van der Waals surface area contributed by atoms with Gasteiger partial charge in [-0.2, -0.15) is 18.2 Å². The summed E-state index contributed by atoms with van der Waals surface area (Å²) in [4.78, 5) is 4.85. The molecule has 0 unspecified atom stereocenters. The summed E-state index contributed by atoms with van der Waals surface area (Å²) in [5.74, 6) is 1.13. The first-order valence-corrected chi connectivity index (χ1v) is 31.3. The molecule has 3 aromatic heterocycles. The fraction of sp³-hybridized carbons (Fsp3) is 0.143. The van der Waals surface area contributed by atoms with Gasteiger partial charge in [-0.3, -0.25) is 4.57 Å². The van der Waals surface area contributed by atoms with Crippen molar-refractivity contribution >= 4 is 61.7 Å². The summed E-state index contributed by atoms with van der Waals surface area (Å²) in [5.41, 5.74) is 4.04. The van der Waals surface area contributed by atoms with E-state index in [1.807, 2.05) is 59.2 Å². The van der Waals surface area contributed by atoms with Crippen molar-refractivity contribution in [3.63, 3.8) is 0 Å². The van der Waals surface area contributed by atoms with Crippen LogP contribution in [0.4, 0.5) is 0 Å². The van der Waals surface area contributed by atoms with E-state index in [1.54, 1.807) is 41.1 Å². The van der Waals surface area contributed by atoms with Crippen LogP contribution in [0.5, 0.6) is 11.5 Å². The number of hydrogen-bond acceptors (Lipinski definition) is 2. The molecule has 0 bridgehead atoms. The first kappa shape index (κ1) is 38.3. The summed E-state index contributed by atoms with van der Waals surface area (Å²) in [6.07, 6.45) is 5.26. The molecule has 0 radical (unpaired) electrons. The first-order valence-electron chi connectivity index (χ1n) is 41.3. The second-order valence-electron chi connectivity index (χ2n) is 25.1. The minimum atomic E-state index is -6.43. The smallest absolute Gasteiger partial charge is 0.268 e. The molecule has 0 fully saturated rings. The van der Waals surface area contributed by atoms with Crippen molar-refractivity contribution < 1.29 is 63.3 Å². The van der Waals surface area contributed by atoms with Crippen molar-refractivity contribution in [2.75, 3.05) is 0 Å². The molecule has 0 amide bonds. The average molecular weight is 1400 g/mol. The fourth-order valence-corrected chi connectivity index (χ4v) is 15.1. The van der Waals surface area contributed by atoms with Gasteiger partial charge in [-0.1, -0.05) is 280 Å². The molecule has 14 aromatic rings. The van der Waals surface area contributed by atoms with Crippen molar-refractivity contribution in [3.05, 3.63) is 308 Å². The zero-order chi connectivity index (χ0) is 82.8. The summed E-state index contributed by atoms with van der Waals surface area (Å²) in [5, 5.41) is -2.40. The maximum Gasteiger partial charge on any atom is 0.268 e.